The maximum absolute atomic E-state index is 12.3. The highest BCUT2D eigenvalue weighted by Gasteiger charge is 2.22. The van der Waals surface area contributed by atoms with Crippen LogP contribution < -0.4 is 20.7 Å². The number of benzene rings is 1. The van der Waals surface area contributed by atoms with E-state index in [0.717, 1.165) is 13.1 Å². The summed E-state index contributed by atoms with van der Waals surface area (Å²) in [6.45, 7) is 1.63. The van der Waals surface area contributed by atoms with Crippen molar-refractivity contribution in [3.63, 3.8) is 0 Å². The van der Waals surface area contributed by atoms with E-state index in [1.807, 2.05) is 6.07 Å². The van der Waals surface area contributed by atoms with E-state index in [1.165, 1.54) is 20.3 Å². The summed E-state index contributed by atoms with van der Waals surface area (Å²) in [7, 11) is 4.55. The number of hydrogen-bond acceptors (Lipinski definition) is 10. The van der Waals surface area contributed by atoms with Crippen molar-refractivity contribution in [2.45, 2.75) is 6.42 Å². The Morgan fingerprint density at radius 2 is 2.03 bits per heavy atom. The summed E-state index contributed by atoms with van der Waals surface area (Å²) in [6, 6.07) is 6.93. The van der Waals surface area contributed by atoms with E-state index in [4.69, 9.17) is 9.47 Å². The first-order valence-electron chi connectivity index (χ1n) is 10.2. The Morgan fingerprint density at radius 3 is 2.67 bits per heavy atom. The fourth-order valence-electron chi connectivity index (χ4n) is 3.38. The highest BCUT2D eigenvalue weighted by atomic mass is 16.5. The fourth-order valence-corrected chi connectivity index (χ4v) is 3.38. The summed E-state index contributed by atoms with van der Waals surface area (Å²) in [6.07, 6.45) is 1.97. The number of carbonyl (C=O) groups excluding carboxylic acids is 2. The maximum atomic E-state index is 12.3. The average molecular weight is 452 g/mol. The van der Waals surface area contributed by atoms with Gasteiger partial charge in [-0.2, -0.15) is 5.10 Å². The van der Waals surface area contributed by atoms with Crippen LogP contribution in [0.1, 0.15) is 16.9 Å². The van der Waals surface area contributed by atoms with Crippen LogP contribution in [0.25, 0.3) is 11.4 Å². The van der Waals surface area contributed by atoms with E-state index in [9.17, 15) is 9.59 Å². The number of hydrogen-bond donors (Lipinski definition) is 3. The van der Waals surface area contributed by atoms with Crippen molar-refractivity contribution < 1.29 is 19.1 Å². The molecule has 0 atom stereocenters. The van der Waals surface area contributed by atoms with Crippen molar-refractivity contribution in [2.75, 3.05) is 37.9 Å². The topological polar surface area (TPSA) is 145 Å². The van der Waals surface area contributed by atoms with Gasteiger partial charge in [-0.1, -0.05) is 6.07 Å². The Bertz CT molecular complexity index is 1170. The SMILES string of the molecule is COC(=O)c1nnc(NC(=O)CC2CNC2)cc1Nc1cccc(-c2ncn(C)n2)c1OC. The van der Waals surface area contributed by atoms with Gasteiger partial charge >= 0.3 is 5.97 Å². The predicted octanol–water partition coefficient (Wildman–Crippen LogP) is 1.36. The van der Waals surface area contributed by atoms with E-state index in [1.54, 1.807) is 30.2 Å². The minimum Gasteiger partial charge on any atom is -0.494 e. The van der Waals surface area contributed by atoms with E-state index in [0.29, 0.717) is 40.9 Å². The molecule has 12 nitrogen and oxygen atoms in total. The molecule has 3 heterocycles. The summed E-state index contributed by atoms with van der Waals surface area (Å²) in [5, 5.41) is 21.3. The molecule has 0 spiro atoms. The van der Waals surface area contributed by atoms with E-state index in [2.05, 4.69) is 36.2 Å². The number of aryl methyl sites for hydroxylation is 1. The molecule has 4 rings (SSSR count). The maximum Gasteiger partial charge on any atom is 0.360 e. The van der Waals surface area contributed by atoms with Gasteiger partial charge in [-0.3, -0.25) is 9.48 Å². The van der Waals surface area contributed by atoms with Crippen LogP contribution in [0.15, 0.2) is 30.6 Å². The Hall–Kier alpha value is -4.06. The van der Waals surface area contributed by atoms with Crippen LogP contribution in [0.5, 0.6) is 5.75 Å². The number of rotatable bonds is 8. The molecule has 0 saturated carbocycles. The molecule has 0 aliphatic carbocycles. The minimum atomic E-state index is -0.676. The number of methoxy groups -OCH3 is 2. The van der Waals surface area contributed by atoms with Crippen LogP contribution in [-0.2, 0) is 16.6 Å². The molecular formula is C21H24N8O4. The lowest BCUT2D eigenvalue weighted by Crippen LogP contribution is -2.43. The van der Waals surface area contributed by atoms with Crippen molar-refractivity contribution in [2.24, 2.45) is 13.0 Å². The number of aromatic nitrogens is 5. The largest absolute Gasteiger partial charge is 0.494 e. The zero-order chi connectivity index (χ0) is 23.4. The molecule has 3 N–H and O–H groups in total. The molecule has 1 aliphatic rings. The summed E-state index contributed by atoms with van der Waals surface area (Å²) in [5.74, 6) is 0.622. The highest BCUT2D eigenvalue weighted by Crippen LogP contribution is 2.37. The third-order valence-corrected chi connectivity index (χ3v) is 5.11. The molecule has 12 heteroatoms. The van der Waals surface area contributed by atoms with Crippen LogP contribution in [-0.4, -0.2) is 64.1 Å². The normalized spacial score (nSPS) is 13.2. The lowest BCUT2D eigenvalue weighted by atomic mass is 9.99. The molecule has 0 radical (unpaired) electrons. The van der Waals surface area contributed by atoms with Gasteiger partial charge in [-0.05, 0) is 31.1 Å². The van der Waals surface area contributed by atoms with E-state index < -0.39 is 5.97 Å². The monoisotopic (exact) mass is 452 g/mol. The smallest absolute Gasteiger partial charge is 0.360 e. The van der Waals surface area contributed by atoms with Gasteiger partial charge in [0.15, 0.2) is 23.1 Å². The molecule has 172 valence electrons. The number of anilines is 3. The molecule has 1 saturated heterocycles. The van der Waals surface area contributed by atoms with Gasteiger partial charge in [0, 0.05) is 19.5 Å². The van der Waals surface area contributed by atoms with Gasteiger partial charge in [-0.15, -0.1) is 10.2 Å². The first-order chi connectivity index (χ1) is 16.0. The molecule has 1 amide bonds. The van der Waals surface area contributed by atoms with Crippen LogP contribution in [0, 0.1) is 5.92 Å². The number of nitrogens with zero attached hydrogens (tertiary/aromatic N) is 5. The quantitative estimate of drug-likeness (QED) is 0.428. The number of esters is 1. The summed E-state index contributed by atoms with van der Waals surface area (Å²) in [5.41, 5.74) is 1.45. The van der Waals surface area contributed by atoms with Crippen molar-refractivity contribution in [3.05, 3.63) is 36.3 Å². The van der Waals surface area contributed by atoms with Gasteiger partial charge < -0.3 is 25.4 Å². The fraction of sp³-hybridized carbons (Fsp3) is 0.333. The molecule has 33 heavy (non-hydrogen) atoms. The van der Waals surface area contributed by atoms with Crippen LogP contribution >= 0.6 is 0 Å². The van der Waals surface area contributed by atoms with Crippen molar-refractivity contribution in [1.29, 1.82) is 0 Å². The van der Waals surface area contributed by atoms with Gasteiger partial charge in [-0.25, -0.2) is 9.78 Å². The van der Waals surface area contributed by atoms with Gasteiger partial charge in [0.25, 0.3) is 0 Å². The highest BCUT2D eigenvalue weighted by molar-refractivity contribution is 5.96. The molecule has 1 aliphatic heterocycles. The first-order valence-corrected chi connectivity index (χ1v) is 10.2. The summed E-state index contributed by atoms with van der Waals surface area (Å²) >= 11 is 0. The first kappa shape index (κ1) is 22.1. The lowest BCUT2D eigenvalue weighted by molar-refractivity contribution is -0.117. The van der Waals surface area contributed by atoms with Crippen LogP contribution in [0.3, 0.4) is 0 Å². The van der Waals surface area contributed by atoms with Gasteiger partial charge in [0.1, 0.15) is 6.33 Å². The molecule has 0 bridgehead atoms. The molecule has 0 unspecified atom stereocenters. The third-order valence-electron chi connectivity index (χ3n) is 5.11. The molecule has 1 fully saturated rings. The predicted molar refractivity (Wildman–Crippen MR) is 119 cm³/mol. The minimum absolute atomic E-state index is 0.0397. The number of para-hydroxylation sites is 1. The Balaban J connectivity index is 1.65. The molecule has 1 aromatic carbocycles. The average Bonchev–Trinajstić information content (AvgIpc) is 3.22. The Morgan fingerprint density at radius 1 is 1.21 bits per heavy atom. The number of carbonyl (C=O) groups is 2. The number of nitrogens with one attached hydrogen (secondary N) is 3. The van der Waals surface area contributed by atoms with Gasteiger partial charge in [0.05, 0.1) is 31.2 Å². The number of ether oxygens (including phenoxy) is 2. The number of amides is 1. The third kappa shape index (κ3) is 4.90. The van der Waals surface area contributed by atoms with Crippen molar-refractivity contribution in [3.8, 4) is 17.1 Å². The molecular weight excluding hydrogens is 428 g/mol. The second-order valence-corrected chi connectivity index (χ2v) is 7.51. The van der Waals surface area contributed by atoms with Crippen LogP contribution in [0.2, 0.25) is 0 Å². The molecule has 3 aromatic rings. The van der Waals surface area contributed by atoms with Crippen molar-refractivity contribution >= 4 is 29.1 Å². The molecule has 2 aromatic heterocycles. The Kier molecular flexibility index (Phi) is 6.45. The lowest BCUT2D eigenvalue weighted by Gasteiger charge is -2.26. The second-order valence-electron chi connectivity index (χ2n) is 7.51. The second kappa shape index (κ2) is 9.61. The zero-order valence-corrected chi connectivity index (χ0v) is 18.5. The van der Waals surface area contributed by atoms with E-state index >= 15 is 0 Å². The van der Waals surface area contributed by atoms with Crippen LogP contribution in [0.4, 0.5) is 17.2 Å². The van der Waals surface area contributed by atoms with Crippen molar-refractivity contribution in [1.82, 2.24) is 30.3 Å². The van der Waals surface area contributed by atoms with E-state index in [-0.39, 0.29) is 17.4 Å². The zero-order valence-electron chi connectivity index (χ0n) is 18.5. The Labute approximate surface area is 189 Å². The summed E-state index contributed by atoms with van der Waals surface area (Å²) < 4.78 is 12.0. The van der Waals surface area contributed by atoms with Gasteiger partial charge in [0.2, 0.25) is 5.91 Å². The standard InChI is InChI=1S/C21H24N8O4/c1-29-11-23-20(28-29)13-5-4-6-14(19(13)32-2)24-15-8-16(26-27-18(15)21(31)33-3)25-17(30)7-12-9-22-10-12/h4-6,8,11-12,22H,7,9-10H2,1-3H3,(H2,24,25,26,30). The summed E-state index contributed by atoms with van der Waals surface area (Å²) in [4.78, 5) is 28.9.